The summed E-state index contributed by atoms with van der Waals surface area (Å²) in [6.45, 7) is 5.62. The second kappa shape index (κ2) is 5.15. The van der Waals surface area contributed by atoms with Crippen molar-refractivity contribution in [3.63, 3.8) is 0 Å². The zero-order valence-electron chi connectivity index (χ0n) is 13.0. The summed E-state index contributed by atoms with van der Waals surface area (Å²) in [5.74, 6) is 1.26. The highest BCUT2D eigenvalue weighted by atomic mass is 31.2. The number of hydrogen-bond donors (Lipinski definition) is 3. The van der Waals surface area contributed by atoms with Crippen molar-refractivity contribution in [3.05, 3.63) is 57.9 Å². The number of phenolic OH excluding ortho intramolecular Hbond substituents is 2. The minimum absolute atomic E-state index is 0.0804. The van der Waals surface area contributed by atoms with E-state index in [1.807, 2.05) is 26.8 Å². The summed E-state index contributed by atoms with van der Waals surface area (Å²) in [5.41, 5.74) is 4.08. The molecule has 2 aromatic carbocycles. The molecule has 3 rings (SSSR count). The van der Waals surface area contributed by atoms with Crippen molar-refractivity contribution in [2.75, 3.05) is 0 Å². The van der Waals surface area contributed by atoms with Crippen molar-refractivity contribution >= 4 is 13.2 Å². The van der Waals surface area contributed by atoms with Crippen LogP contribution in [0.1, 0.15) is 27.8 Å². The number of aryl methyl sites for hydroxylation is 2. The first-order chi connectivity index (χ1) is 10.7. The molecule has 6 heteroatoms. The second-order valence-electron chi connectivity index (χ2n) is 5.74. The van der Waals surface area contributed by atoms with Gasteiger partial charge in [0.15, 0.2) is 0 Å². The van der Waals surface area contributed by atoms with Gasteiger partial charge in [0.1, 0.15) is 17.2 Å². The van der Waals surface area contributed by atoms with Gasteiger partial charge in [-0.3, -0.25) is 0 Å². The standard InChI is InChI=1S/C17H17O5P/c1-9-6-10(2)16-14(13-5-4-12(18)7-15(13)19)8-23(20,21)22-17(16)11(9)3/h4-8,18-19H,1-3H3,(H,20,21). The van der Waals surface area contributed by atoms with Gasteiger partial charge in [-0.2, -0.15) is 0 Å². The molecule has 23 heavy (non-hydrogen) atoms. The Balaban J connectivity index is 2.36. The summed E-state index contributed by atoms with van der Waals surface area (Å²) in [5, 5.41) is 19.6. The molecule has 0 aromatic heterocycles. The van der Waals surface area contributed by atoms with Gasteiger partial charge in [-0.25, -0.2) is 4.57 Å². The average Bonchev–Trinajstić information content (AvgIpc) is 2.43. The van der Waals surface area contributed by atoms with Crippen molar-refractivity contribution in [1.29, 1.82) is 0 Å². The highest BCUT2D eigenvalue weighted by molar-refractivity contribution is 7.57. The lowest BCUT2D eigenvalue weighted by Gasteiger charge is -2.26. The topological polar surface area (TPSA) is 87.0 Å². The Labute approximate surface area is 134 Å². The van der Waals surface area contributed by atoms with Gasteiger partial charge in [0.2, 0.25) is 0 Å². The normalized spacial score (nSPS) is 19.7. The molecule has 0 saturated carbocycles. The molecule has 0 radical (unpaired) electrons. The quantitative estimate of drug-likeness (QED) is 0.687. The first-order valence-corrected chi connectivity index (χ1v) is 8.73. The van der Waals surface area contributed by atoms with E-state index in [0.29, 0.717) is 22.4 Å². The molecule has 0 spiro atoms. The molecule has 0 saturated heterocycles. The van der Waals surface area contributed by atoms with Gasteiger partial charge in [0, 0.05) is 28.6 Å². The molecule has 1 aliphatic rings. The van der Waals surface area contributed by atoms with Crippen LogP contribution in [0.5, 0.6) is 17.2 Å². The van der Waals surface area contributed by atoms with Gasteiger partial charge in [-0.1, -0.05) is 6.07 Å². The van der Waals surface area contributed by atoms with Crippen LogP contribution < -0.4 is 4.52 Å². The Bertz CT molecular complexity index is 898. The number of fused-ring (bicyclic) bond motifs is 1. The Morgan fingerprint density at radius 2 is 1.74 bits per heavy atom. The third-order valence-electron chi connectivity index (χ3n) is 4.04. The Morgan fingerprint density at radius 1 is 1.04 bits per heavy atom. The molecule has 1 unspecified atom stereocenters. The summed E-state index contributed by atoms with van der Waals surface area (Å²) in [6.07, 6.45) is 0. The van der Waals surface area contributed by atoms with Crippen LogP contribution in [-0.2, 0) is 4.57 Å². The van der Waals surface area contributed by atoms with E-state index < -0.39 is 7.60 Å². The van der Waals surface area contributed by atoms with E-state index in [1.165, 1.54) is 18.2 Å². The van der Waals surface area contributed by atoms with Crippen molar-refractivity contribution in [3.8, 4) is 17.2 Å². The van der Waals surface area contributed by atoms with Crippen LogP contribution in [-0.4, -0.2) is 15.1 Å². The SMILES string of the molecule is Cc1cc(C)c2c(c1C)OP(=O)(O)C=C2c1ccc(O)cc1O. The maximum absolute atomic E-state index is 12.3. The molecule has 3 N–H and O–H groups in total. The summed E-state index contributed by atoms with van der Waals surface area (Å²) >= 11 is 0. The summed E-state index contributed by atoms with van der Waals surface area (Å²) < 4.78 is 17.6. The molecule has 0 amide bonds. The molecule has 1 atom stereocenters. The second-order valence-corrected chi connectivity index (χ2v) is 7.31. The Morgan fingerprint density at radius 3 is 2.39 bits per heavy atom. The van der Waals surface area contributed by atoms with Crippen molar-refractivity contribution in [2.24, 2.45) is 0 Å². The molecule has 1 heterocycles. The van der Waals surface area contributed by atoms with Gasteiger partial charge in [0.05, 0.1) is 0 Å². The van der Waals surface area contributed by atoms with Crippen LogP contribution in [0, 0.1) is 20.8 Å². The number of phenols is 2. The molecule has 5 nitrogen and oxygen atoms in total. The summed E-state index contributed by atoms with van der Waals surface area (Å²) in [4.78, 5) is 10.0. The molecule has 0 fully saturated rings. The van der Waals surface area contributed by atoms with Gasteiger partial charge < -0.3 is 19.6 Å². The fourth-order valence-electron chi connectivity index (χ4n) is 2.84. The fraction of sp³-hybridized carbons (Fsp3) is 0.176. The number of aromatic hydroxyl groups is 2. The fourth-order valence-corrected chi connectivity index (χ4v) is 3.97. The first kappa shape index (κ1) is 15.7. The maximum Gasteiger partial charge on any atom is 0.401 e. The van der Waals surface area contributed by atoms with Crippen molar-refractivity contribution in [1.82, 2.24) is 0 Å². The molecule has 0 bridgehead atoms. The number of rotatable bonds is 1. The van der Waals surface area contributed by atoms with Crippen LogP contribution in [0.4, 0.5) is 0 Å². The lowest BCUT2D eigenvalue weighted by molar-refractivity contribution is 0.388. The number of hydrogen-bond acceptors (Lipinski definition) is 4. The van der Waals surface area contributed by atoms with Crippen LogP contribution in [0.2, 0.25) is 0 Å². The molecular weight excluding hydrogens is 315 g/mol. The van der Waals surface area contributed by atoms with Crippen molar-refractivity contribution < 1.29 is 24.2 Å². The molecule has 0 aliphatic carbocycles. The zero-order valence-corrected chi connectivity index (χ0v) is 13.9. The molecule has 1 aliphatic heterocycles. The van der Waals surface area contributed by atoms with Crippen LogP contribution in [0.3, 0.4) is 0 Å². The third kappa shape index (κ3) is 2.62. The summed E-state index contributed by atoms with van der Waals surface area (Å²) in [6, 6.07) is 6.10. The van der Waals surface area contributed by atoms with E-state index >= 15 is 0 Å². The lowest BCUT2D eigenvalue weighted by atomic mass is 9.90. The van der Waals surface area contributed by atoms with Gasteiger partial charge in [-0.15, -0.1) is 0 Å². The average molecular weight is 332 g/mol. The predicted octanol–water partition coefficient (Wildman–Crippen LogP) is 3.99. The van der Waals surface area contributed by atoms with Gasteiger partial charge >= 0.3 is 7.60 Å². The van der Waals surface area contributed by atoms with Gasteiger partial charge in [-0.05, 0) is 49.6 Å². The van der Waals surface area contributed by atoms with E-state index in [2.05, 4.69) is 0 Å². The smallest absolute Gasteiger partial charge is 0.401 e. The maximum atomic E-state index is 12.3. The molecule has 120 valence electrons. The minimum Gasteiger partial charge on any atom is -0.508 e. The Hall–Kier alpha value is -2.23. The monoisotopic (exact) mass is 332 g/mol. The molecule has 2 aromatic rings. The van der Waals surface area contributed by atoms with Crippen LogP contribution in [0.15, 0.2) is 30.1 Å². The van der Waals surface area contributed by atoms with Gasteiger partial charge in [0.25, 0.3) is 0 Å². The minimum atomic E-state index is -3.97. The first-order valence-electron chi connectivity index (χ1n) is 7.08. The largest absolute Gasteiger partial charge is 0.508 e. The van der Waals surface area contributed by atoms with E-state index in [-0.39, 0.29) is 11.5 Å². The van der Waals surface area contributed by atoms with Crippen LogP contribution in [0.25, 0.3) is 5.57 Å². The van der Waals surface area contributed by atoms with E-state index in [1.54, 1.807) is 0 Å². The molecular formula is C17H17O5P. The highest BCUT2D eigenvalue weighted by Gasteiger charge is 2.32. The van der Waals surface area contributed by atoms with E-state index in [4.69, 9.17) is 4.52 Å². The highest BCUT2D eigenvalue weighted by Crippen LogP contribution is 2.56. The van der Waals surface area contributed by atoms with E-state index in [0.717, 1.165) is 22.5 Å². The summed E-state index contributed by atoms with van der Waals surface area (Å²) in [7, 11) is -3.97. The zero-order chi connectivity index (χ0) is 16.9. The lowest BCUT2D eigenvalue weighted by Crippen LogP contribution is -2.07. The van der Waals surface area contributed by atoms with E-state index in [9.17, 15) is 19.7 Å². The number of benzene rings is 2. The third-order valence-corrected chi connectivity index (χ3v) is 5.07. The predicted molar refractivity (Wildman–Crippen MR) is 88.0 cm³/mol. The van der Waals surface area contributed by atoms with Crippen LogP contribution >= 0.6 is 7.60 Å². The Kier molecular flexibility index (Phi) is 3.51. The van der Waals surface area contributed by atoms with Crippen molar-refractivity contribution in [2.45, 2.75) is 20.8 Å².